The molecule has 0 spiro atoms. The Morgan fingerprint density at radius 1 is 1.35 bits per heavy atom. The number of carbonyl (C=O) groups excluding carboxylic acids is 1. The van der Waals surface area contributed by atoms with Gasteiger partial charge >= 0.3 is 0 Å². The SMILES string of the molecule is O=Cc1c(Sc2cc3ccccc3[nH]2)nc2sccn12. The fraction of sp³-hybridized carbons (Fsp3) is 0. The van der Waals surface area contributed by atoms with Crippen LogP contribution >= 0.6 is 23.1 Å². The minimum absolute atomic E-state index is 0.602. The minimum Gasteiger partial charge on any atom is -0.349 e. The van der Waals surface area contributed by atoms with E-state index in [1.807, 2.05) is 34.2 Å². The third-order valence-electron chi connectivity index (χ3n) is 3.09. The molecule has 3 heterocycles. The van der Waals surface area contributed by atoms with Gasteiger partial charge in [-0.15, -0.1) is 11.3 Å². The highest BCUT2D eigenvalue weighted by atomic mass is 32.2. The maximum absolute atomic E-state index is 11.3. The van der Waals surface area contributed by atoms with Crippen molar-refractivity contribution in [2.75, 3.05) is 0 Å². The van der Waals surface area contributed by atoms with Crippen molar-refractivity contribution in [1.29, 1.82) is 0 Å². The number of aldehydes is 1. The fourth-order valence-electron chi connectivity index (χ4n) is 2.17. The quantitative estimate of drug-likeness (QED) is 0.585. The van der Waals surface area contributed by atoms with E-state index in [1.54, 1.807) is 0 Å². The smallest absolute Gasteiger partial charge is 0.195 e. The van der Waals surface area contributed by atoms with Gasteiger partial charge in [0.2, 0.25) is 0 Å². The van der Waals surface area contributed by atoms with Gasteiger partial charge < -0.3 is 4.98 Å². The Hall–Kier alpha value is -2.05. The van der Waals surface area contributed by atoms with Gasteiger partial charge in [-0.05, 0) is 23.9 Å². The molecular weight excluding hydrogens is 290 g/mol. The molecule has 0 unspecified atom stereocenters. The van der Waals surface area contributed by atoms with Crippen LogP contribution in [0.15, 0.2) is 52.0 Å². The standard InChI is InChI=1S/C14H9N3OS2/c18-8-11-13(16-14-17(11)5-6-19-14)20-12-7-9-3-1-2-4-10(9)15-12/h1-8,15H. The van der Waals surface area contributed by atoms with Crippen LogP contribution in [0.2, 0.25) is 0 Å². The molecule has 0 saturated carbocycles. The summed E-state index contributed by atoms with van der Waals surface area (Å²) in [5.41, 5.74) is 1.69. The average molecular weight is 299 g/mol. The Labute approximate surface area is 122 Å². The molecule has 4 aromatic rings. The molecular formula is C14H9N3OS2. The van der Waals surface area contributed by atoms with Crippen molar-refractivity contribution in [1.82, 2.24) is 14.4 Å². The molecule has 1 aromatic carbocycles. The molecule has 0 amide bonds. The summed E-state index contributed by atoms with van der Waals surface area (Å²) in [5.74, 6) is 0. The molecule has 0 radical (unpaired) electrons. The number of carbonyl (C=O) groups is 1. The lowest BCUT2D eigenvalue weighted by Crippen LogP contribution is -1.88. The van der Waals surface area contributed by atoms with E-state index in [1.165, 1.54) is 23.1 Å². The van der Waals surface area contributed by atoms with E-state index >= 15 is 0 Å². The first-order valence-electron chi connectivity index (χ1n) is 6.01. The van der Waals surface area contributed by atoms with E-state index in [4.69, 9.17) is 0 Å². The van der Waals surface area contributed by atoms with Crippen LogP contribution in [0.1, 0.15) is 10.5 Å². The van der Waals surface area contributed by atoms with Crippen molar-refractivity contribution < 1.29 is 4.79 Å². The molecule has 6 heteroatoms. The zero-order valence-corrected chi connectivity index (χ0v) is 11.9. The molecule has 0 saturated heterocycles. The predicted molar refractivity (Wildman–Crippen MR) is 80.9 cm³/mol. The molecule has 0 aliphatic rings. The number of H-pyrrole nitrogens is 1. The molecule has 4 rings (SSSR count). The summed E-state index contributed by atoms with van der Waals surface area (Å²) in [4.78, 5) is 20.0. The van der Waals surface area contributed by atoms with E-state index in [2.05, 4.69) is 22.1 Å². The maximum atomic E-state index is 11.3. The van der Waals surface area contributed by atoms with E-state index in [-0.39, 0.29) is 0 Å². The number of thiazole rings is 1. The summed E-state index contributed by atoms with van der Waals surface area (Å²) in [7, 11) is 0. The first-order chi connectivity index (χ1) is 9.85. The van der Waals surface area contributed by atoms with Gasteiger partial charge in [0, 0.05) is 22.5 Å². The lowest BCUT2D eigenvalue weighted by molar-refractivity contribution is 0.111. The molecule has 0 fully saturated rings. The second-order valence-electron chi connectivity index (χ2n) is 4.30. The molecule has 4 nitrogen and oxygen atoms in total. The van der Waals surface area contributed by atoms with Crippen molar-refractivity contribution in [3.05, 3.63) is 47.6 Å². The topological polar surface area (TPSA) is 50.2 Å². The fourth-order valence-corrected chi connectivity index (χ4v) is 3.89. The summed E-state index contributed by atoms with van der Waals surface area (Å²) < 4.78 is 1.82. The molecule has 20 heavy (non-hydrogen) atoms. The van der Waals surface area contributed by atoms with E-state index < -0.39 is 0 Å². The van der Waals surface area contributed by atoms with Crippen LogP contribution in [-0.4, -0.2) is 20.7 Å². The zero-order valence-electron chi connectivity index (χ0n) is 10.2. The monoisotopic (exact) mass is 299 g/mol. The Balaban J connectivity index is 1.79. The number of hydrogen-bond acceptors (Lipinski definition) is 4. The normalized spacial score (nSPS) is 11.4. The summed E-state index contributed by atoms with van der Waals surface area (Å²) >= 11 is 3.01. The number of benzene rings is 1. The number of nitrogens with zero attached hydrogens (tertiary/aromatic N) is 2. The lowest BCUT2D eigenvalue weighted by Gasteiger charge is -1.94. The largest absolute Gasteiger partial charge is 0.349 e. The van der Waals surface area contributed by atoms with Crippen LogP contribution in [0.4, 0.5) is 0 Å². The van der Waals surface area contributed by atoms with E-state index in [0.29, 0.717) is 5.69 Å². The van der Waals surface area contributed by atoms with E-state index in [9.17, 15) is 4.79 Å². The number of fused-ring (bicyclic) bond motifs is 2. The van der Waals surface area contributed by atoms with Gasteiger partial charge in [-0.2, -0.15) is 0 Å². The number of nitrogens with one attached hydrogen (secondary N) is 1. The molecule has 1 N–H and O–H groups in total. The number of aromatic amines is 1. The Kier molecular flexibility index (Phi) is 2.64. The van der Waals surface area contributed by atoms with Gasteiger partial charge in [0.05, 0.1) is 5.03 Å². The number of para-hydroxylation sites is 1. The number of rotatable bonds is 3. The second kappa shape index (κ2) is 4.50. The van der Waals surface area contributed by atoms with Crippen molar-refractivity contribution in [3.63, 3.8) is 0 Å². The Morgan fingerprint density at radius 2 is 2.25 bits per heavy atom. The highest BCUT2D eigenvalue weighted by Crippen LogP contribution is 2.32. The first-order valence-corrected chi connectivity index (χ1v) is 7.71. The first kappa shape index (κ1) is 11.7. The van der Waals surface area contributed by atoms with Crippen LogP contribution in [0, 0.1) is 0 Å². The van der Waals surface area contributed by atoms with Gasteiger partial charge in [0.1, 0.15) is 10.7 Å². The molecule has 0 aliphatic carbocycles. The van der Waals surface area contributed by atoms with Gasteiger partial charge in [-0.1, -0.05) is 18.2 Å². The van der Waals surface area contributed by atoms with Crippen LogP contribution in [0.5, 0.6) is 0 Å². The third-order valence-corrected chi connectivity index (χ3v) is 4.78. The van der Waals surface area contributed by atoms with Crippen molar-refractivity contribution >= 4 is 45.2 Å². The van der Waals surface area contributed by atoms with Crippen LogP contribution < -0.4 is 0 Å². The lowest BCUT2D eigenvalue weighted by atomic mass is 10.3. The number of hydrogen-bond donors (Lipinski definition) is 1. The molecule has 98 valence electrons. The van der Waals surface area contributed by atoms with Crippen LogP contribution in [0.3, 0.4) is 0 Å². The van der Waals surface area contributed by atoms with Crippen molar-refractivity contribution in [2.24, 2.45) is 0 Å². The van der Waals surface area contributed by atoms with Crippen LogP contribution in [-0.2, 0) is 0 Å². The zero-order chi connectivity index (χ0) is 13.5. The van der Waals surface area contributed by atoms with Gasteiger partial charge in [-0.3, -0.25) is 9.20 Å². The number of aromatic nitrogens is 3. The molecule has 0 atom stereocenters. The van der Waals surface area contributed by atoms with Gasteiger partial charge in [0.15, 0.2) is 11.2 Å². The highest BCUT2D eigenvalue weighted by Gasteiger charge is 2.14. The minimum atomic E-state index is 0.602. The average Bonchev–Trinajstić information content (AvgIpc) is 3.11. The Morgan fingerprint density at radius 3 is 3.10 bits per heavy atom. The number of imidazole rings is 1. The predicted octanol–water partition coefficient (Wildman–Crippen LogP) is 3.84. The molecule has 0 aliphatic heterocycles. The van der Waals surface area contributed by atoms with Crippen molar-refractivity contribution in [2.45, 2.75) is 10.1 Å². The van der Waals surface area contributed by atoms with Gasteiger partial charge in [-0.25, -0.2) is 4.98 Å². The summed E-state index contributed by atoms with van der Waals surface area (Å²) in [6.07, 6.45) is 2.73. The van der Waals surface area contributed by atoms with Crippen molar-refractivity contribution in [3.8, 4) is 0 Å². The third kappa shape index (κ3) is 1.76. The Bertz CT molecular complexity index is 886. The maximum Gasteiger partial charge on any atom is 0.195 e. The van der Waals surface area contributed by atoms with Gasteiger partial charge in [0.25, 0.3) is 0 Å². The van der Waals surface area contributed by atoms with Crippen LogP contribution in [0.25, 0.3) is 15.9 Å². The molecule has 3 aromatic heterocycles. The second-order valence-corrected chi connectivity index (χ2v) is 6.20. The summed E-state index contributed by atoms with van der Waals surface area (Å²) in [6, 6.07) is 10.2. The highest BCUT2D eigenvalue weighted by molar-refractivity contribution is 7.99. The molecule has 0 bridgehead atoms. The van der Waals surface area contributed by atoms with E-state index in [0.717, 1.165) is 32.2 Å². The summed E-state index contributed by atoms with van der Waals surface area (Å²) in [6.45, 7) is 0. The summed E-state index contributed by atoms with van der Waals surface area (Å²) in [5, 5.41) is 4.80.